The number of hydrogen-bond acceptors (Lipinski definition) is 15. The molecule has 3 aromatic carbocycles. The molecule has 1 spiro atoms. The summed E-state index contributed by atoms with van der Waals surface area (Å²) in [6, 6.07) is 11.9. The van der Waals surface area contributed by atoms with Gasteiger partial charge in [-0.15, -0.1) is 0 Å². The molecule has 5 rings (SSSR count). The molecule has 0 saturated heterocycles. The van der Waals surface area contributed by atoms with Gasteiger partial charge in [0.05, 0.1) is 50.6 Å². The van der Waals surface area contributed by atoms with Gasteiger partial charge < -0.3 is 72.4 Å². The highest BCUT2D eigenvalue weighted by Gasteiger charge is 2.54. The van der Waals surface area contributed by atoms with Gasteiger partial charge in [0.25, 0.3) is 5.91 Å². The van der Waals surface area contributed by atoms with E-state index in [-0.39, 0.29) is 71.5 Å². The van der Waals surface area contributed by atoms with Gasteiger partial charge in [0, 0.05) is 73.7 Å². The Bertz CT molecular complexity index is 2200. The second-order valence-corrected chi connectivity index (χ2v) is 15.5. The van der Waals surface area contributed by atoms with Crippen molar-refractivity contribution in [2.45, 2.75) is 63.1 Å². The molecular formula is C45H58N8O13. The Morgan fingerprint density at radius 3 is 1.95 bits per heavy atom. The van der Waals surface area contributed by atoms with Crippen molar-refractivity contribution in [3.8, 4) is 23.0 Å². The summed E-state index contributed by atoms with van der Waals surface area (Å²) in [5.41, 5.74) is 16.9. The molecule has 0 bridgehead atoms. The van der Waals surface area contributed by atoms with Crippen LogP contribution in [0.2, 0.25) is 0 Å². The molecule has 21 heteroatoms. The molecule has 2 aliphatic heterocycles. The Kier molecular flexibility index (Phi) is 18.6. The van der Waals surface area contributed by atoms with Gasteiger partial charge in [0.15, 0.2) is 17.3 Å². The zero-order valence-electron chi connectivity index (χ0n) is 36.7. The first kappa shape index (κ1) is 50.2. The lowest BCUT2D eigenvalue weighted by atomic mass is 9.77. The Morgan fingerprint density at radius 1 is 0.742 bits per heavy atom. The number of benzene rings is 3. The van der Waals surface area contributed by atoms with Crippen LogP contribution in [-0.4, -0.2) is 129 Å². The van der Waals surface area contributed by atoms with Crippen LogP contribution in [0, 0.1) is 0 Å². The minimum absolute atomic E-state index is 0.00986. The summed E-state index contributed by atoms with van der Waals surface area (Å²) in [4.78, 5) is 78.9. The normalized spacial score (nSPS) is 13.8. The van der Waals surface area contributed by atoms with Gasteiger partial charge in [-0.25, -0.2) is 4.79 Å². The van der Waals surface area contributed by atoms with Crippen molar-refractivity contribution in [1.29, 1.82) is 0 Å². The first-order valence-electron chi connectivity index (χ1n) is 21.6. The van der Waals surface area contributed by atoms with Crippen LogP contribution in [0.15, 0.2) is 59.6 Å². The number of phenolic OH excluding ortho intramolecular Hbond substituents is 2. The Morgan fingerprint density at radius 2 is 1.35 bits per heavy atom. The van der Waals surface area contributed by atoms with E-state index in [0.717, 1.165) is 0 Å². The summed E-state index contributed by atoms with van der Waals surface area (Å²) in [6.45, 7) is 4.11. The highest BCUT2D eigenvalue weighted by atomic mass is 16.6. The first-order valence-corrected chi connectivity index (χ1v) is 21.6. The molecule has 2 aliphatic rings. The maximum atomic E-state index is 13.2. The average molecular weight is 919 g/mol. The molecule has 0 saturated carbocycles. The maximum Gasteiger partial charge on any atom is 0.340 e. The topological polar surface area (TPSA) is 328 Å². The number of guanidine groups is 1. The quantitative estimate of drug-likeness (QED) is 0.0220. The molecule has 0 fully saturated rings. The summed E-state index contributed by atoms with van der Waals surface area (Å²) in [7, 11) is 0. The molecule has 356 valence electrons. The third-order valence-corrected chi connectivity index (χ3v) is 10.5. The van der Waals surface area contributed by atoms with Crippen LogP contribution >= 0.6 is 0 Å². The molecule has 12 N–H and O–H groups in total. The number of rotatable bonds is 27. The molecule has 0 aliphatic carbocycles. The van der Waals surface area contributed by atoms with Crippen molar-refractivity contribution in [3.63, 3.8) is 0 Å². The molecule has 3 aromatic rings. The van der Waals surface area contributed by atoms with Crippen LogP contribution in [0.3, 0.4) is 0 Å². The smallest absolute Gasteiger partial charge is 0.340 e. The fourth-order valence-corrected chi connectivity index (χ4v) is 7.19. The number of fused-ring (bicyclic) bond motifs is 6. The number of aromatic hydroxyl groups is 2. The summed E-state index contributed by atoms with van der Waals surface area (Å²) < 4.78 is 28.8. The lowest BCUT2D eigenvalue weighted by molar-refractivity contribution is -0.129. The molecule has 4 amide bonds. The number of ether oxygens (including phenoxy) is 5. The predicted octanol–water partition coefficient (Wildman–Crippen LogP) is 0.693. The fourth-order valence-electron chi connectivity index (χ4n) is 7.19. The predicted molar refractivity (Wildman–Crippen MR) is 238 cm³/mol. The number of carbonyl (C=O) groups is 6. The second kappa shape index (κ2) is 24.5. The van der Waals surface area contributed by atoms with E-state index < -0.39 is 35.5 Å². The van der Waals surface area contributed by atoms with E-state index in [1.54, 1.807) is 30.3 Å². The summed E-state index contributed by atoms with van der Waals surface area (Å²) in [5, 5.41) is 30.9. The standard InChI is InChI=1S/C45H58N8O13/c1-27(54)36(5-2-14-51-44(47)48)53-40(58)26-52-42(60)35(46)12-13-39(57)49-15-3-17-62-19-21-64-22-20-63-18-4-16-50-41(59)28-6-9-31-34(23-28)45(66-43(31)61)32-10-7-29(55)24-37(32)65-38-25-30(56)8-11-33(38)45/h6-11,23-25,35-36,55-56H,2-5,12-22,26,46H2,1H3,(H,49,57)(H,50,59)(H,52,60)(H,53,58)(H4,47,48,51)/t35-,36-/m0/s1. The van der Waals surface area contributed by atoms with Gasteiger partial charge in [-0.05, 0) is 81.5 Å². The van der Waals surface area contributed by atoms with Crippen molar-refractivity contribution in [1.82, 2.24) is 21.3 Å². The third-order valence-electron chi connectivity index (χ3n) is 10.5. The number of nitrogens with zero attached hydrogens (tertiary/aromatic N) is 1. The van der Waals surface area contributed by atoms with E-state index in [9.17, 15) is 39.0 Å². The molecule has 21 nitrogen and oxygen atoms in total. The van der Waals surface area contributed by atoms with E-state index in [2.05, 4.69) is 26.3 Å². The number of Topliss-reactive ketones (excluding diaryl/α,β-unsaturated/α-hetero) is 1. The number of ketones is 1. The van der Waals surface area contributed by atoms with Gasteiger partial charge in [-0.3, -0.25) is 29.0 Å². The van der Waals surface area contributed by atoms with Gasteiger partial charge in [0.1, 0.15) is 23.0 Å². The molecular weight excluding hydrogens is 861 g/mol. The van der Waals surface area contributed by atoms with E-state index >= 15 is 0 Å². The van der Waals surface area contributed by atoms with E-state index in [4.69, 9.17) is 40.9 Å². The van der Waals surface area contributed by atoms with E-state index in [1.807, 2.05) is 0 Å². The Hall–Kier alpha value is -6.81. The number of esters is 1. The number of nitrogens with one attached hydrogen (secondary N) is 4. The van der Waals surface area contributed by atoms with Crippen LogP contribution in [0.25, 0.3) is 0 Å². The number of phenols is 2. The molecule has 0 unspecified atom stereocenters. The van der Waals surface area contributed by atoms with Crippen LogP contribution < -0.4 is 43.2 Å². The number of nitrogens with two attached hydrogens (primary N) is 3. The van der Waals surface area contributed by atoms with Crippen molar-refractivity contribution < 1.29 is 62.7 Å². The summed E-state index contributed by atoms with van der Waals surface area (Å²) in [6.07, 6.45) is 1.97. The monoisotopic (exact) mass is 918 g/mol. The summed E-state index contributed by atoms with van der Waals surface area (Å²) >= 11 is 0. The van der Waals surface area contributed by atoms with Crippen molar-refractivity contribution in [2.75, 3.05) is 65.8 Å². The number of aliphatic imine (C=N–C) groups is 1. The van der Waals surface area contributed by atoms with Crippen molar-refractivity contribution in [3.05, 3.63) is 82.4 Å². The molecule has 66 heavy (non-hydrogen) atoms. The third kappa shape index (κ3) is 13.8. The van der Waals surface area contributed by atoms with Crippen molar-refractivity contribution >= 4 is 41.3 Å². The van der Waals surface area contributed by atoms with Gasteiger partial charge in [-0.2, -0.15) is 0 Å². The lowest BCUT2D eigenvalue weighted by Gasteiger charge is -2.36. The lowest BCUT2D eigenvalue weighted by Crippen LogP contribution is -2.48. The zero-order valence-corrected chi connectivity index (χ0v) is 36.7. The maximum absolute atomic E-state index is 13.2. The minimum atomic E-state index is -1.48. The largest absolute Gasteiger partial charge is 0.508 e. The van der Waals surface area contributed by atoms with Gasteiger partial charge in [-0.1, -0.05) is 0 Å². The molecule has 2 heterocycles. The van der Waals surface area contributed by atoms with E-state index in [0.29, 0.717) is 107 Å². The SMILES string of the molecule is CC(=O)[C@H](CCCN=C(N)N)NC(=O)CNC(=O)[C@@H](N)CCC(=O)NCCCOCCOCCOCCCNC(=O)c1ccc2c(c1)C1(OC2=O)c2ccc(O)cc2Oc2cc(O)ccc21. The van der Waals surface area contributed by atoms with Crippen LogP contribution in [0.5, 0.6) is 23.0 Å². The second-order valence-electron chi connectivity index (χ2n) is 15.5. The Balaban J connectivity index is 0.878. The first-order chi connectivity index (χ1) is 31.7. The number of carbonyl (C=O) groups excluding carboxylic acids is 6. The summed E-state index contributed by atoms with van der Waals surface area (Å²) in [5.74, 6) is -2.35. The molecule has 2 atom stereocenters. The highest BCUT2D eigenvalue weighted by Crippen LogP contribution is 2.57. The number of hydrogen-bond donors (Lipinski definition) is 9. The fraction of sp³-hybridized carbons (Fsp3) is 0.444. The molecule has 0 aromatic heterocycles. The van der Waals surface area contributed by atoms with Crippen LogP contribution in [0.4, 0.5) is 0 Å². The molecule has 0 radical (unpaired) electrons. The Labute approximate surface area is 381 Å². The van der Waals surface area contributed by atoms with Gasteiger partial charge in [0.2, 0.25) is 17.7 Å². The average Bonchev–Trinajstić information content (AvgIpc) is 3.57. The number of amides is 4. The van der Waals surface area contributed by atoms with Gasteiger partial charge >= 0.3 is 5.97 Å². The zero-order chi connectivity index (χ0) is 47.6. The van der Waals surface area contributed by atoms with Crippen LogP contribution in [0.1, 0.15) is 82.9 Å². The highest BCUT2D eigenvalue weighted by molar-refractivity contribution is 6.00. The van der Waals surface area contributed by atoms with E-state index in [1.165, 1.54) is 31.2 Å². The van der Waals surface area contributed by atoms with Crippen LogP contribution in [-0.2, 0) is 43.7 Å². The van der Waals surface area contributed by atoms with Crippen molar-refractivity contribution in [2.24, 2.45) is 22.2 Å². The minimum Gasteiger partial charge on any atom is -0.508 e.